The SMILES string of the molecule is CC1CN(C(C(C)N)C(F)(F)F)CC(C)S1. The van der Waals surface area contributed by atoms with Crippen molar-refractivity contribution in [1.82, 2.24) is 4.90 Å². The lowest BCUT2D eigenvalue weighted by Gasteiger charge is -2.41. The maximum Gasteiger partial charge on any atom is 0.405 e. The van der Waals surface area contributed by atoms with Crippen LogP contribution < -0.4 is 5.73 Å². The molecule has 0 aromatic rings. The van der Waals surface area contributed by atoms with Gasteiger partial charge in [0.25, 0.3) is 0 Å². The molecule has 0 radical (unpaired) electrons. The van der Waals surface area contributed by atoms with E-state index >= 15 is 0 Å². The van der Waals surface area contributed by atoms with Gasteiger partial charge in [-0.2, -0.15) is 24.9 Å². The second-order valence-electron chi connectivity index (χ2n) is 4.56. The second-order valence-corrected chi connectivity index (χ2v) is 6.44. The Kier molecular flexibility index (Phi) is 4.54. The molecule has 4 unspecified atom stereocenters. The van der Waals surface area contributed by atoms with Crippen LogP contribution >= 0.6 is 11.8 Å². The van der Waals surface area contributed by atoms with Gasteiger partial charge in [-0.25, -0.2) is 0 Å². The minimum atomic E-state index is -4.24. The average molecular weight is 256 g/mol. The molecule has 1 aliphatic heterocycles. The summed E-state index contributed by atoms with van der Waals surface area (Å²) in [5.74, 6) is 0. The van der Waals surface area contributed by atoms with Gasteiger partial charge in [0.2, 0.25) is 0 Å². The zero-order chi connectivity index (χ0) is 12.5. The maximum atomic E-state index is 12.9. The molecule has 0 spiro atoms. The molecule has 4 atom stereocenters. The summed E-state index contributed by atoms with van der Waals surface area (Å²) < 4.78 is 38.6. The van der Waals surface area contributed by atoms with Gasteiger partial charge in [0.05, 0.1) is 0 Å². The molecular weight excluding hydrogens is 237 g/mol. The van der Waals surface area contributed by atoms with Crippen molar-refractivity contribution < 1.29 is 13.2 Å². The third-order valence-electron chi connectivity index (χ3n) is 2.67. The largest absolute Gasteiger partial charge is 0.405 e. The summed E-state index contributed by atoms with van der Waals surface area (Å²) in [6.45, 7) is 6.26. The molecule has 2 nitrogen and oxygen atoms in total. The Bertz CT molecular complexity index is 223. The maximum absolute atomic E-state index is 12.9. The van der Waals surface area contributed by atoms with E-state index in [2.05, 4.69) is 0 Å². The molecule has 0 aliphatic carbocycles. The Morgan fingerprint density at radius 2 is 1.69 bits per heavy atom. The van der Waals surface area contributed by atoms with E-state index in [-0.39, 0.29) is 10.5 Å². The van der Waals surface area contributed by atoms with Crippen molar-refractivity contribution in [3.63, 3.8) is 0 Å². The van der Waals surface area contributed by atoms with E-state index in [1.807, 2.05) is 13.8 Å². The molecule has 1 fully saturated rings. The average Bonchev–Trinajstić information content (AvgIpc) is 1.96. The first-order valence-corrected chi connectivity index (χ1v) is 6.38. The molecule has 1 rings (SSSR count). The van der Waals surface area contributed by atoms with Gasteiger partial charge in [0, 0.05) is 29.6 Å². The molecule has 1 aliphatic rings. The van der Waals surface area contributed by atoms with Crippen LogP contribution in [0.3, 0.4) is 0 Å². The Morgan fingerprint density at radius 3 is 2.00 bits per heavy atom. The molecule has 6 heteroatoms. The highest BCUT2D eigenvalue weighted by Gasteiger charge is 2.47. The Hall–Kier alpha value is 0.0600. The smallest absolute Gasteiger partial charge is 0.326 e. The lowest BCUT2D eigenvalue weighted by Crippen LogP contribution is -2.59. The quantitative estimate of drug-likeness (QED) is 0.820. The first kappa shape index (κ1) is 14.1. The lowest BCUT2D eigenvalue weighted by atomic mass is 10.1. The van der Waals surface area contributed by atoms with Gasteiger partial charge in [-0.05, 0) is 6.92 Å². The predicted octanol–water partition coefficient (Wildman–Crippen LogP) is 2.09. The molecule has 0 bridgehead atoms. The molecule has 96 valence electrons. The van der Waals surface area contributed by atoms with Crippen molar-refractivity contribution in [2.75, 3.05) is 13.1 Å². The first-order valence-electron chi connectivity index (χ1n) is 5.43. The van der Waals surface area contributed by atoms with E-state index in [0.717, 1.165) is 0 Å². The van der Waals surface area contributed by atoms with E-state index in [9.17, 15) is 13.2 Å². The molecule has 0 aromatic carbocycles. The van der Waals surface area contributed by atoms with Crippen molar-refractivity contribution in [3.05, 3.63) is 0 Å². The van der Waals surface area contributed by atoms with Crippen molar-refractivity contribution >= 4 is 11.8 Å². The number of hydrogen-bond acceptors (Lipinski definition) is 3. The molecule has 1 saturated heterocycles. The summed E-state index contributed by atoms with van der Waals surface area (Å²) in [7, 11) is 0. The van der Waals surface area contributed by atoms with Crippen LogP contribution in [0.15, 0.2) is 0 Å². The molecule has 0 saturated carbocycles. The van der Waals surface area contributed by atoms with E-state index in [4.69, 9.17) is 5.73 Å². The van der Waals surface area contributed by atoms with Gasteiger partial charge < -0.3 is 5.73 Å². The molecule has 1 heterocycles. The van der Waals surface area contributed by atoms with Crippen molar-refractivity contribution in [3.8, 4) is 0 Å². The number of alkyl halides is 3. The fraction of sp³-hybridized carbons (Fsp3) is 1.00. The third-order valence-corrected chi connectivity index (χ3v) is 3.90. The summed E-state index contributed by atoms with van der Waals surface area (Å²) in [4.78, 5) is 1.48. The standard InChI is InChI=1S/C10H19F3N2S/c1-6-4-15(5-7(2)16-6)9(8(3)14)10(11,12)13/h6-9H,4-5,14H2,1-3H3. The minimum Gasteiger partial charge on any atom is -0.326 e. The molecule has 16 heavy (non-hydrogen) atoms. The molecule has 0 aromatic heterocycles. The number of nitrogens with two attached hydrogens (primary N) is 1. The minimum absolute atomic E-state index is 0.229. The number of halogens is 3. The first-order chi connectivity index (χ1) is 7.21. The second kappa shape index (κ2) is 5.14. The summed E-state index contributed by atoms with van der Waals surface area (Å²) in [6, 6.07) is -2.40. The fourth-order valence-electron chi connectivity index (χ4n) is 2.28. The number of hydrogen-bond donors (Lipinski definition) is 1. The summed E-state index contributed by atoms with van der Waals surface area (Å²) in [6.07, 6.45) is -4.24. The van der Waals surface area contributed by atoms with Gasteiger partial charge in [-0.15, -0.1) is 0 Å². The number of thioether (sulfide) groups is 1. The number of rotatable bonds is 2. The van der Waals surface area contributed by atoms with E-state index < -0.39 is 18.3 Å². The zero-order valence-electron chi connectivity index (χ0n) is 9.79. The molecular formula is C10H19F3N2S. The topological polar surface area (TPSA) is 29.3 Å². The van der Waals surface area contributed by atoms with Crippen LogP contribution in [0.1, 0.15) is 20.8 Å². The van der Waals surface area contributed by atoms with Crippen LogP contribution in [0.2, 0.25) is 0 Å². The van der Waals surface area contributed by atoms with E-state index in [1.54, 1.807) is 11.8 Å². The van der Waals surface area contributed by atoms with Gasteiger partial charge in [0.15, 0.2) is 0 Å². The van der Waals surface area contributed by atoms with Crippen LogP contribution in [0.25, 0.3) is 0 Å². The highest BCUT2D eigenvalue weighted by molar-refractivity contribution is 8.00. The molecule has 0 amide bonds. The van der Waals surface area contributed by atoms with E-state index in [0.29, 0.717) is 13.1 Å². The van der Waals surface area contributed by atoms with Gasteiger partial charge in [-0.3, -0.25) is 4.90 Å². The Morgan fingerprint density at radius 1 is 1.25 bits per heavy atom. The van der Waals surface area contributed by atoms with Crippen LogP contribution in [-0.4, -0.2) is 46.7 Å². The fourth-order valence-corrected chi connectivity index (χ4v) is 3.63. The summed E-state index contributed by atoms with van der Waals surface area (Å²) in [5, 5.41) is 0.458. The van der Waals surface area contributed by atoms with E-state index in [1.165, 1.54) is 11.8 Å². The highest BCUT2D eigenvalue weighted by Crippen LogP contribution is 2.32. The predicted molar refractivity (Wildman–Crippen MR) is 61.6 cm³/mol. The van der Waals surface area contributed by atoms with Crippen LogP contribution in [0.5, 0.6) is 0 Å². The van der Waals surface area contributed by atoms with Crippen molar-refractivity contribution in [1.29, 1.82) is 0 Å². The van der Waals surface area contributed by atoms with Crippen LogP contribution in [-0.2, 0) is 0 Å². The van der Waals surface area contributed by atoms with Crippen molar-refractivity contribution in [2.24, 2.45) is 5.73 Å². The van der Waals surface area contributed by atoms with Crippen LogP contribution in [0, 0.1) is 0 Å². The zero-order valence-corrected chi connectivity index (χ0v) is 10.6. The van der Waals surface area contributed by atoms with Crippen LogP contribution in [0.4, 0.5) is 13.2 Å². The Balaban J connectivity index is 2.78. The summed E-state index contributed by atoms with van der Waals surface area (Å²) >= 11 is 1.73. The normalized spacial score (nSPS) is 32.4. The highest BCUT2D eigenvalue weighted by atomic mass is 32.2. The Labute approximate surface area is 98.7 Å². The molecule has 2 N–H and O–H groups in total. The lowest BCUT2D eigenvalue weighted by molar-refractivity contribution is -0.188. The van der Waals surface area contributed by atoms with Crippen molar-refractivity contribution in [2.45, 2.75) is 49.5 Å². The van der Waals surface area contributed by atoms with Gasteiger partial charge in [-0.1, -0.05) is 13.8 Å². The monoisotopic (exact) mass is 256 g/mol. The van der Waals surface area contributed by atoms with Gasteiger partial charge >= 0.3 is 6.18 Å². The number of nitrogens with zero attached hydrogens (tertiary/aromatic N) is 1. The third kappa shape index (κ3) is 3.53. The summed E-state index contributed by atoms with van der Waals surface area (Å²) in [5.41, 5.74) is 5.48. The van der Waals surface area contributed by atoms with Gasteiger partial charge in [0.1, 0.15) is 6.04 Å².